The minimum Gasteiger partial charge on any atom is -0.480 e. The van der Waals surface area contributed by atoms with Crippen LogP contribution in [0.1, 0.15) is 58.5 Å². The van der Waals surface area contributed by atoms with Crippen LogP contribution in [-0.4, -0.2) is 55.7 Å². The Balaban J connectivity index is 1.05. The molecule has 0 spiro atoms. The molecule has 0 bridgehead atoms. The van der Waals surface area contributed by atoms with E-state index in [0.717, 1.165) is 15.5 Å². The van der Waals surface area contributed by atoms with Gasteiger partial charge in [-0.3, -0.25) is 29.1 Å². The van der Waals surface area contributed by atoms with Gasteiger partial charge in [-0.1, -0.05) is 11.6 Å². The van der Waals surface area contributed by atoms with Crippen LogP contribution in [-0.2, 0) is 6.42 Å². The maximum absolute atomic E-state index is 13.3. The third kappa shape index (κ3) is 4.72. The van der Waals surface area contributed by atoms with Gasteiger partial charge in [-0.25, -0.2) is 19.8 Å². The Morgan fingerprint density at radius 2 is 1.32 bits per heavy atom. The highest BCUT2D eigenvalue weighted by Crippen LogP contribution is 2.38. The van der Waals surface area contributed by atoms with Crippen molar-refractivity contribution in [3.05, 3.63) is 111 Å². The number of methoxy groups -OCH3 is 1. The minimum atomic E-state index is -0.518. The summed E-state index contributed by atoms with van der Waals surface area (Å²) in [7, 11) is 1.45. The van der Waals surface area contributed by atoms with Crippen LogP contribution in [0.4, 0.5) is 22.7 Å². The van der Waals surface area contributed by atoms with E-state index in [2.05, 4.69) is 24.9 Å². The van der Waals surface area contributed by atoms with Crippen LogP contribution >= 0.6 is 11.6 Å². The second-order valence-corrected chi connectivity index (χ2v) is 12.1. The molecule has 0 aliphatic carbocycles. The number of nitrogens with zero attached hydrogens (tertiary/aromatic N) is 6. The molecule has 5 N–H and O–H groups in total. The van der Waals surface area contributed by atoms with E-state index in [1.54, 1.807) is 42.5 Å². The number of carbonyl (C=O) groups is 4. The summed E-state index contributed by atoms with van der Waals surface area (Å²) in [5.41, 5.74) is 16.8. The molecule has 2 aliphatic rings. The average Bonchev–Trinajstić information content (AvgIpc) is 3.69. The number of hydrogen-bond acceptors (Lipinski definition) is 11. The van der Waals surface area contributed by atoms with Gasteiger partial charge in [0.25, 0.3) is 23.6 Å². The standard InChI is InChI=1S/C35H24ClN9O5/c1-15-3-5-18(13-39-15)44-34(48)22-11-27-28(12-23(22)35(44)49)43-30(42-27)29-24(36)8-17(41-31(29)50-2)7-16-4-6-19(14-40-16)45-32(46)20-9-25(37)26(38)10-21(20)33(45)47/h3-6,8-14H,7,37-38H2,1-2H3,(H,42,43). The monoisotopic (exact) mass is 685 g/mol. The fourth-order valence-electron chi connectivity index (χ4n) is 6.07. The Bertz CT molecular complexity index is 2380. The molecule has 50 heavy (non-hydrogen) atoms. The van der Waals surface area contributed by atoms with Crippen LogP contribution < -0.4 is 26.0 Å². The molecular formula is C35H24ClN9O5. The van der Waals surface area contributed by atoms with E-state index >= 15 is 0 Å². The van der Waals surface area contributed by atoms with Crippen molar-refractivity contribution in [1.29, 1.82) is 0 Å². The Labute approximate surface area is 287 Å². The summed E-state index contributed by atoms with van der Waals surface area (Å²) in [5, 5.41) is 0.282. The van der Waals surface area contributed by atoms with Crippen molar-refractivity contribution in [2.24, 2.45) is 0 Å². The second kappa shape index (κ2) is 11.2. The van der Waals surface area contributed by atoms with E-state index in [1.807, 2.05) is 6.92 Å². The van der Waals surface area contributed by atoms with Crippen molar-refractivity contribution in [3.8, 4) is 17.3 Å². The van der Waals surface area contributed by atoms with Crippen molar-refractivity contribution in [1.82, 2.24) is 24.9 Å². The first-order valence-electron chi connectivity index (χ1n) is 15.1. The van der Waals surface area contributed by atoms with Gasteiger partial charge in [0.1, 0.15) is 5.82 Å². The number of nitrogens with two attached hydrogens (primary N) is 2. The van der Waals surface area contributed by atoms with Crippen molar-refractivity contribution in [2.45, 2.75) is 13.3 Å². The molecule has 4 aromatic heterocycles. The van der Waals surface area contributed by atoms with Gasteiger partial charge in [-0.05, 0) is 61.5 Å². The molecule has 0 saturated carbocycles. The number of aryl methyl sites for hydroxylation is 1. The topological polar surface area (TPSA) is 203 Å². The van der Waals surface area contributed by atoms with Gasteiger partial charge in [-0.15, -0.1) is 0 Å². The van der Waals surface area contributed by atoms with E-state index in [-0.39, 0.29) is 56.6 Å². The molecule has 2 aromatic carbocycles. The number of halogens is 1. The zero-order valence-electron chi connectivity index (χ0n) is 26.3. The molecule has 4 amide bonds. The Kier molecular flexibility index (Phi) is 6.87. The molecule has 8 rings (SSSR count). The van der Waals surface area contributed by atoms with Crippen molar-refractivity contribution >= 4 is 69.0 Å². The fraction of sp³-hybridized carbons (Fsp3) is 0.0857. The van der Waals surface area contributed by atoms with Crippen molar-refractivity contribution < 1.29 is 23.9 Å². The predicted octanol–water partition coefficient (Wildman–Crippen LogP) is 4.74. The number of nitrogen functional groups attached to an aromatic ring is 2. The first kappa shape index (κ1) is 30.7. The number of pyridine rings is 3. The number of anilines is 4. The summed E-state index contributed by atoms with van der Waals surface area (Å²) in [6, 6.07) is 14.3. The van der Waals surface area contributed by atoms with Crippen LogP contribution in [0, 0.1) is 6.92 Å². The molecule has 14 nitrogen and oxygen atoms in total. The number of H-pyrrole nitrogens is 1. The van der Waals surface area contributed by atoms with Gasteiger partial charge in [-0.2, -0.15) is 0 Å². The number of fused-ring (bicyclic) bond motifs is 3. The lowest BCUT2D eigenvalue weighted by Crippen LogP contribution is -2.29. The number of imidazole rings is 1. The van der Waals surface area contributed by atoms with Crippen molar-refractivity contribution in [3.63, 3.8) is 0 Å². The molecule has 0 fully saturated rings. The maximum atomic E-state index is 13.3. The minimum absolute atomic E-state index is 0.176. The number of aromatic nitrogens is 5. The second-order valence-electron chi connectivity index (χ2n) is 11.7. The Morgan fingerprint density at radius 3 is 1.88 bits per heavy atom. The SMILES string of the molecule is COc1nc(Cc2ccc(N3C(=O)c4cc(N)c(N)cc4C3=O)cn2)cc(Cl)c1-c1nc2cc3c(cc2[nH]1)C(=O)N(c1ccc(C)nc1)C3=O. The Hall–Kier alpha value is -6.67. The average molecular weight is 686 g/mol. The van der Waals surface area contributed by atoms with Crippen LogP contribution in [0.15, 0.2) is 67.0 Å². The summed E-state index contributed by atoms with van der Waals surface area (Å²) in [6.07, 6.45) is 3.16. The lowest BCUT2D eigenvalue weighted by Gasteiger charge is -2.14. The molecular weight excluding hydrogens is 662 g/mol. The van der Waals surface area contributed by atoms with Crippen LogP contribution in [0.5, 0.6) is 5.88 Å². The Morgan fingerprint density at radius 1 is 0.740 bits per heavy atom. The first-order valence-corrected chi connectivity index (χ1v) is 15.5. The molecule has 0 radical (unpaired) electrons. The van der Waals surface area contributed by atoms with Gasteiger partial charge < -0.3 is 21.2 Å². The largest absolute Gasteiger partial charge is 0.480 e. The smallest absolute Gasteiger partial charge is 0.266 e. The molecule has 2 aliphatic heterocycles. The summed E-state index contributed by atoms with van der Waals surface area (Å²) in [6.45, 7) is 1.82. The lowest BCUT2D eigenvalue weighted by atomic mass is 10.1. The normalized spacial score (nSPS) is 13.8. The fourth-order valence-corrected chi connectivity index (χ4v) is 6.37. The van der Waals surface area contributed by atoms with Gasteiger partial charge in [0.2, 0.25) is 5.88 Å². The van der Waals surface area contributed by atoms with Gasteiger partial charge >= 0.3 is 0 Å². The van der Waals surface area contributed by atoms with E-state index in [0.29, 0.717) is 39.5 Å². The molecule has 0 unspecified atom stereocenters. The lowest BCUT2D eigenvalue weighted by molar-refractivity contribution is 0.0910. The number of nitrogens with one attached hydrogen (secondary N) is 1. The number of aromatic amines is 1. The number of rotatable bonds is 6. The third-order valence-corrected chi connectivity index (χ3v) is 8.88. The molecule has 15 heteroatoms. The van der Waals surface area contributed by atoms with E-state index in [1.165, 1.54) is 31.6 Å². The van der Waals surface area contributed by atoms with Crippen molar-refractivity contribution in [2.75, 3.05) is 28.4 Å². The van der Waals surface area contributed by atoms with E-state index < -0.39 is 23.6 Å². The zero-order valence-corrected chi connectivity index (χ0v) is 27.1. The molecule has 6 aromatic rings. The summed E-state index contributed by atoms with van der Waals surface area (Å²) < 4.78 is 5.60. The molecule has 246 valence electrons. The highest BCUT2D eigenvalue weighted by atomic mass is 35.5. The summed E-state index contributed by atoms with van der Waals surface area (Å²) >= 11 is 6.78. The third-order valence-electron chi connectivity index (χ3n) is 8.58. The number of benzene rings is 2. The quantitative estimate of drug-likeness (QED) is 0.161. The first-order chi connectivity index (χ1) is 24.0. The molecule has 0 saturated heterocycles. The zero-order chi connectivity index (χ0) is 35.0. The summed E-state index contributed by atoms with van der Waals surface area (Å²) in [4.78, 5) is 75.8. The summed E-state index contributed by atoms with van der Waals surface area (Å²) in [5.74, 6) is -1.45. The maximum Gasteiger partial charge on any atom is 0.266 e. The highest BCUT2D eigenvalue weighted by Gasteiger charge is 2.39. The van der Waals surface area contributed by atoms with Gasteiger partial charge in [0.15, 0.2) is 0 Å². The predicted molar refractivity (Wildman–Crippen MR) is 184 cm³/mol. The van der Waals surface area contributed by atoms with Gasteiger partial charge in [0.05, 0.1) is 91.8 Å². The highest BCUT2D eigenvalue weighted by molar-refractivity contribution is 6.36. The molecule has 0 atom stereocenters. The van der Waals surface area contributed by atoms with Gasteiger partial charge in [0, 0.05) is 17.8 Å². The number of ether oxygens (including phenoxy) is 1. The number of carbonyl (C=O) groups excluding carboxylic acids is 4. The van der Waals surface area contributed by atoms with Crippen LogP contribution in [0.25, 0.3) is 22.4 Å². The van der Waals surface area contributed by atoms with Crippen LogP contribution in [0.2, 0.25) is 5.02 Å². The number of amides is 4. The number of imide groups is 2. The van der Waals surface area contributed by atoms with Crippen LogP contribution in [0.3, 0.4) is 0 Å². The molecule has 6 heterocycles. The van der Waals surface area contributed by atoms with E-state index in [9.17, 15) is 19.2 Å². The number of hydrogen-bond donors (Lipinski definition) is 3. The van der Waals surface area contributed by atoms with E-state index in [4.69, 9.17) is 27.8 Å².